The Bertz CT molecular complexity index is 737. The molecule has 1 aromatic heterocycles. The van der Waals surface area contributed by atoms with E-state index in [9.17, 15) is 10.2 Å². The third kappa shape index (κ3) is 3.00. The highest BCUT2D eigenvalue weighted by molar-refractivity contribution is 5.30. The van der Waals surface area contributed by atoms with Gasteiger partial charge in [0.15, 0.2) is 0 Å². The summed E-state index contributed by atoms with van der Waals surface area (Å²) in [4.78, 5) is 6.79. The van der Waals surface area contributed by atoms with Crippen LogP contribution in [0, 0.1) is 11.8 Å². The molecule has 5 heteroatoms. The number of rotatable bonds is 5. The minimum Gasteiger partial charge on any atom is -0.508 e. The Labute approximate surface area is 154 Å². The van der Waals surface area contributed by atoms with E-state index in [4.69, 9.17) is 0 Å². The molecule has 0 saturated carbocycles. The number of aromatic nitrogens is 1. The molecule has 4 rings (SSSR count). The molecule has 138 valence electrons. The molecule has 2 aliphatic heterocycles. The summed E-state index contributed by atoms with van der Waals surface area (Å²) >= 11 is 0. The van der Waals surface area contributed by atoms with Crippen molar-refractivity contribution >= 4 is 0 Å². The normalized spacial score (nSPS) is 31.2. The molecule has 0 bridgehead atoms. The molecule has 3 heterocycles. The van der Waals surface area contributed by atoms with Crippen molar-refractivity contribution in [2.45, 2.75) is 24.9 Å². The zero-order valence-corrected chi connectivity index (χ0v) is 15.2. The Balaban J connectivity index is 1.68. The molecule has 3 N–H and O–H groups in total. The standard InChI is InChI=1S/C21H27N3O2/c1-2-24-12-18-19(13-24)21(14-25,10-15-5-7-17(26)8-6-15)23-20(18)16-4-3-9-22-11-16/h3-9,11,18-20,23,25-26H,2,10,12-14H2,1H3/t18-,19+,20-,21+/m1/s1. The number of nitrogens with zero attached hydrogens (tertiary/aromatic N) is 2. The lowest BCUT2D eigenvalue weighted by Crippen LogP contribution is -2.52. The second-order valence-electron chi connectivity index (χ2n) is 7.69. The molecule has 4 atom stereocenters. The molecule has 0 unspecified atom stereocenters. The number of nitrogens with one attached hydrogen (secondary N) is 1. The number of phenols is 1. The highest BCUT2D eigenvalue weighted by Crippen LogP contribution is 2.48. The number of aliphatic hydroxyl groups excluding tert-OH is 1. The molecular formula is C21H27N3O2. The average Bonchev–Trinajstić information content (AvgIpc) is 3.23. The predicted molar refractivity (Wildman–Crippen MR) is 101 cm³/mol. The number of benzene rings is 1. The fourth-order valence-corrected chi connectivity index (χ4v) is 4.89. The first kappa shape index (κ1) is 17.5. The highest BCUT2D eigenvalue weighted by atomic mass is 16.3. The van der Waals surface area contributed by atoms with Crippen LogP contribution in [0.15, 0.2) is 48.8 Å². The van der Waals surface area contributed by atoms with Gasteiger partial charge >= 0.3 is 0 Å². The van der Waals surface area contributed by atoms with Gasteiger partial charge in [0.2, 0.25) is 0 Å². The number of aliphatic hydroxyl groups is 1. The Kier molecular flexibility index (Phi) is 4.69. The lowest BCUT2D eigenvalue weighted by Gasteiger charge is -2.35. The van der Waals surface area contributed by atoms with Crippen molar-refractivity contribution < 1.29 is 10.2 Å². The first-order valence-electron chi connectivity index (χ1n) is 9.44. The van der Waals surface area contributed by atoms with Crippen molar-refractivity contribution in [1.82, 2.24) is 15.2 Å². The molecule has 0 amide bonds. The van der Waals surface area contributed by atoms with Gasteiger partial charge in [0, 0.05) is 31.5 Å². The lowest BCUT2D eigenvalue weighted by atomic mass is 9.77. The Morgan fingerprint density at radius 3 is 2.69 bits per heavy atom. The summed E-state index contributed by atoms with van der Waals surface area (Å²) in [6.07, 6.45) is 4.50. The molecule has 5 nitrogen and oxygen atoms in total. The Morgan fingerprint density at radius 2 is 2.04 bits per heavy atom. The molecular weight excluding hydrogens is 326 g/mol. The minimum absolute atomic E-state index is 0.101. The van der Waals surface area contributed by atoms with Gasteiger partial charge < -0.3 is 20.4 Å². The quantitative estimate of drug-likeness (QED) is 0.767. The van der Waals surface area contributed by atoms with Crippen molar-refractivity contribution in [2.75, 3.05) is 26.2 Å². The summed E-state index contributed by atoms with van der Waals surface area (Å²) < 4.78 is 0. The van der Waals surface area contributed by atoms with Crippen LogP contribution in [0.5, 0.6) is 5.75 Å². The van der Waals surface area contributed by atoms with Crippen molar-refractivity contribution in [3.05, 3.63) is 59.9 Å². The van der Waals surface area contributed by atoms with Crippen LogP contribution in [0.4, 0.5) is 0 Å². The van der Waals surface area contributed by atoms with Gasteiger partial charge in [-0.05, 0) is 54.1 Å². The summed E-state index contributed by atoms with van der Waals surface area (Å²) in [5, 5.41) is 23.8. The van der Waals surface area contributed by atoms with Gasteiger partial charge in [-0.2, -0.15) is 0 Å². The van der Waals surface area contributed by atoms with Crippen molar-refractivity contribution in [1.29, 1.82) is 0 Å². The van der Waals surface area contributed by atoms with Gasteiger partial charge in [0.05, 0.1) is 12.1 Å². The summed E-state index contributed by atoms with van der Waals surface area (Å²) in [6, 6.07) is 11.7. The second kappa shape index (κ2) is 6.99. The van der Waals surface area contributed by atoms with E-state index in [0.29, 0.717) is 11.8 Å². The van der Waals surface area contributed by atoms with E-state index in [1.54, 1.807) is 18.3 Å². The van der Waals surface area contributed by atoms with Crippen molar-refractivity contribution in [2.24, 2.45) is 11.8 Å². The van der Waals surface area contributed by atoms with Gasteiger partial charge in [-0.3, -0.25) is 4.98 Å². The smallest absolute Gasteiger partial charge is 0.115 e. The number of hydrogen-bond donors (Lipinski definition) is 3. The predicted octanol–water partition coefficient (Wildman–Crippen LogP) is 1.97. The van der Waals surface area contributed by atoms with E-state index >= 15 is 0 Å². The summed E-state index contributed by atoms with van der Waals surface area (Å²) in [6.45, 7) is 5.39. The first-order chi connectivity index (χ1) is 12.6. The number of pyridine rings is 1. The maximum atomic E-state index is 10.5. The van der Waals surface area contributed by atoms with Gasteiger partial charge in [-0.25, -0.2) is 0 Å². The van der Waals surface area contributed by atoms with Crippen LogP contribution < -0.4 is 5.32 Å². The molecule has 1 aromatic carbocycles. The summed E-state index contributed by atoms with van der Waals surface area (Å²) in [7, 11) is 0. The molecule has 26 heavy (non-hydrogen) atoms. The van der Waals surface area contributed by atoms with E-state index < -0.39 is 0 Å². The van der Waals surface area contributed by atoms with Crippen LogP contribution in [0.2, 0.25) is 0 Å². The maximum Gasteiger partial charge on any atom is 0.115 e. The third-order valence-electron chi connectivity index (χ3n) is 6.25. The van der Waals surface area contributed by atoms with E-state index in [-0.39, 0.29) is 23.9 Å². The summed E-state index contributed by atoms with van der Waals surface area (Å²) in [5.74, 6) is 1.12. The molecule has 2 fully saturated rings. The van der Waals surface area contributed by atoms with E-state index in [1.807, 2.05) is 24.4 Å². The number of phenolic OH excluding ortho intramolecular Hbond substituents is 1. The number of fused-ring (bicyclic) bond motifs is 1. The average molecular weight is 353 g/mol. The topological polar surface area (TPSA) is 68.6 Å². The van der Waals surface area contributed by atoms with Crippen LogP contribution >= 0.6 is 0 Å². The zero-order chi connectivity index (χ0) is 18.1. The van der Waals surface area contributed by atoms with Crippen LogP contribution in [0.3, 0.4) is 0 Å². The van der Waals surface area contributed by atoms with Crippen molar-refractivity contribution in [3.8, 4) is 5.75 Å². The van der Waals surface area contributed by atoms with Crippen molar-refractivity contribution in [3.63, 3.8) is 0 Å². The first-order valence-corrected chi connectivity index (χ1v) is 9.44. The maximum absolute atomic E-state index is 10.5. The monoisotopic (exact) mass is 353 g/mol. The van der Waals surface area contributed by atoms with Gasteiger partial charge in [0.25, 0.3) is 0 Å². The fraction of sp³-hybridized carbons (Fsp3) is 0.476. The Hall–Kier alpha value is -1.95. The van der Waals surface area contributed by atoms with Crippen LogP contribution in [0.25, 0.3) is 0 Å². The van der Waals surface area contributed by atoms with Gasteiger partial charge in [-0.1, -0.05) is 25.1 Å². The summed E-state index contributed by atoms with van der Waals surface area (Å²) in [5.41, 5.74) is 1.97. The minimum atomic E-state index is -0.355. The van der Waals surface area contributed by atoms with Crippen LogP contribution in [-0.4, -0.2) is 51.9 Å². The largest absolute Gasteiger partial charge is 0.508 e. The number of hydrogen-bond acceptors (Lipinski definition) is 5. The van der Waals surface area contributed by atoms with Crippen LogP contribution in [0.1, 0.15) is 24.1 Å². The number of aromatic hydroxyl groups is 1. The molecule has 0 radical (unpaired) electrons. The molecule has 2 aliphatic rings. The SMILES string of the molecule is CCN1C[C@H]2[C@@H](c3cccnc3)N[C@](CO)(Cc3ccc(O)cc3)[C@H]2C1. The van der Waals surface area contributed by atoms with E-state index in [0.717, 1.165) is 31.6 Å². The molecule has 2 saturated heterocycles. The molecule has 2 aromatic rings. The lowest BCUT2D eigenvalue weighted by molar-refractivity contribution is 0.127. The van der Waals surface area contributed by atoms with Gasteiger partial charge in [-0.15, -0.1) is 0 Å². The fourth-order valence-electron chi connectivity index (χ4n) is 4.89. The highest BCUT2D eigenvalue weighted by Gasteiger charge is 2.56. The van der Waals surface area contributed by atoms with E-state index in [2.05, 4.69) is 28.2 Å². The van der Waals surface area contributed by atoms with Gasteiger partial charge in [0.1, 0.15) is 5.75 Å². The second-order valence-corrected chi connectivity index (χ2v) is 7.69. The number of likely N-dealkylation sites (tertiary alicyclic amines) is 1. The molecule has 0 aliphatic carbocycles. The van der Waals surface area contributed by atoms with Crippen LogP contribution in [-0.2, 0) is 6.42 Å². The zero-order valence-electron chi connectivity index (χ0n) is 15.2. The van der Waals surface area contributed by atoms with E-state index in [1.165, 1.54) is 5.56 Å². The molecule has 0 spiro atoms. The Morgan fingerprint density at radius 1 is 1.23 bits per heavy atom. The third-order valence-corrected chi connectivity index (χ3v) is 6.25.